The van der Waals surface area contributed by atoms with Crippen molar-refractivity contribution in [3.05, 3.63) is 107 Å². The molecule has 3 rings (SSSR count). The average Bonchev–Trinajstić information content (AvgIpc) is 2.61. The second-order valence-electron chi connectivity index (χ2n) is 5.47. The smallest absolute Gasteiger partial charge is 0.0238 e. The van der Waals surface area contributed by atoms with Crippen molar-refractivity contribution >= 4 is 12.2 Å². The Hall–Kier alpha value is -2.60. The third-order valence-electron chi connectivity index (χ3n) is 3.79. The predicted molar refractivity (Wildman–Crippen MR) is 95.7 cm³/mol. The molecule has 0 bridgehead atoms. The summed E-state index contributed by atoms with van der Waals surface area (Å²) in [7, 11) is 0. The van der Waals surface area contributed by atoms with Gasteiger partial charge >= 0.3 is 0 Å². The Morgan fingerprint density at radius 1 is 0.455 bits per heavy atom. The molecule has 0 unspecified atom stereocenters. The molecule has 0 amide bonds. The molecule has 0 N–H and O–H groups in total. The summed E-state index contributed by atoms with van der Waals surface area (Å²) in [4.78, 5) is 0. The quantitative estimate of drug-likeness (QED) is 0.532. The van der Waals surface area contributed by atoms with E-state index in [-0.39, 0.29) is 0 Å². The van der Waals surface area contributed by atoms with E-state index in [0.717, 1.165) is 12.8 Å². The van der Waals surface area contributed by atoms with E-state index in [1.165, 1.54) is 22.3 Å². The summed E-state index contributed by atoms with van der Waals surface area (Å²) in [5.41, 5.74) is 5.26. The van der Waals surface area contributed by atoms with Crippen molar-refractivity contribution in [3.63, 3.8) is 0 Å². The predicted octanol–water partition coefficient (Wildman–Crippen LogP) is 5.64. The third-order valence-corrected chi connectivity index (χ3v) is 3.79. The normalized spacial score (nSPS) is 10.9. The Kier molecular flexibility index (Phi) is 4.84. The Morgan fingerprint density at radius 2 is 0.909 bits per heavy atom. The fraction of sp³-hybridized carbons (Fsp3) is 0.0909. The monoisotopic (exact) mass is 284 g/mol. The molecule has 3 aromatic carbocycles. The van der Waals surface area contributed by atoms with Gasteiger partial charge < -0.3 is 0 Å². The molecule has 0 atom stereocenters. The molecule has 0 aliphatic carbocycles. The fourth-order valence-electron chi connectivity index (χ4n) is 2.49. The summed E-state index contributed by atoms with van der Waals surface area (Å²) in [5, 5.41) is 0. The van der Waals surface area contributed by atoms with Crippen molar-refractivity contribution in [2.75, 3.05) is 0 Å². The van der Waals surface area contributed by atoms with Gasteiger partial charge in [0.1, 0.15) is 0 Å². The van der Waals surface area contributed by atoms with Gasteiger partial charge in [-0.2, -0.15) is 0 Å². The van der Waals surface area contributed by atoms with Gasteiger partial charge in [0.25, 0.3) is 0 Å². The van der Waals surface area contributed by atoms with Gasteiger partial charge in [-0.15, -0.1) is 0 Å². The standard InChI is InChI=1S/C22H20/c1-3-7-19(8-4-1)11-13-21-15-17-22(18-16-21)14-12-20-9-5-2-6-10-20/h1-11,13,15-18H,12,14H2/b13-11+. The molecule has 0 heterocycles. The van der Waals surface area contributed by atoms with Crippen molar-refractivity contribution in [2.45, 2.75) is 12.8 Å². The minimum absolute atomic E-state index is 1.09. The SMILES string of the molecule is C(=C\c1ccc(CCc2ccccc2)cc1)/c1ccccc1. The van der Waals surface area contributed by atoms with Crippen LogP contribution < -0.4 is 0 Å². The van der Waals surface area contributed by atoms with E-state index in [4.69, 9.17) is 0 Å². The molecule has 0 saturated heterocycles. The molecule has 0 nitrogen and oxygen atoms in total. The lowest BCUT2D eigenvalue weighted by molar-refractivity contribution is 0.960. The highest BCUT2D eigenvalue weighted by atomic mass is 14.0. The number of hydrogen-bond donors (Lipinski definition) is 0. The zero-order valence-electron chi connectivity index (χ0n) is 12.7. The maximum absolute atomic E-state index is 2.23. The van der Waals surface area contributed by atoms with Crippen LogP contribution in [-0.4, -0.2) is 0 Å². The maximum Gasteiger partial charge on any atom is -0.0238 e. The van der Waals surface area contributed by atoms with Gasteiger partial charge in [-0.3, -0.25) is 0 Å². The molecule has 0 aliphatic heterocycles. The lowest BCUT2D eigenvalue weighted by atomic mass is 10.0. The molecule has 3 aromatic rings. The van der Waals surface area contributed by atoms with E-state index in [9.17, 15) is 0 Å². The van der Waals surface area contributed by atoms with E-state index < -0.39 is 0 Å². The Balaban J connectivity index is 1.59. The summed E-state index contributed by atoms with van der Waals surface area (Å²) in [5.74, 6) is 0. The van der Waals surface area contributed by atoms with Crippen LogP contribution in [0.15, 0.2) is 84.9 Å². The van der Waals surface area contributed by atoms with Crippen molar-refractivity contribution in [3.8, 4) is 0 Å². The van der Waals surface area contributed by atoms with Crippen molar-refractivity contribution < 1.29 is 0 Å². The van der Waals surface area contributed by atoms with Crippen LogP contribution in [0.25, 0.3) is 12.2 Å². The zero-order chi connectivity index (χ0) is 15.0. The van der Waals surface area contributed by atoms with Crippen molar-refractivity contribution in [1.82, 2.24) is 0 Å². The van der Waals surface area contributed by atoms with Crippen LogP contribution in [0, 0.1) is 0 Å². The molecule has 0 spiro atoms. The van der Waals surface area contributed by atoms with Gasteiger partial charge in [-0.25, -0.2) is 0 Å². The zero-order valence-corrected chi connectivity index (χ0v) is 12.7. The molecule has 0 saturated carbocycles. The first kappa shape index (κ1) is 14.3. The first-order chi connectivity index (χ1) is 10.9. The highest BCUT2D eigenvalue weighted by Gasteiger charge is 1.95. The van der Waals surface area contributed by atoms with Gasteiger partial charge in [0.2, 0.25) is 0 Å². The first-order valence-corrected chi connectivity index (χ1v) is 7.76. The summed E-state index contributed by atoms with van der Waals surface area (Å²) < 4.78 is 0. The number of hydrogen-bond acceptors (Lipinski definition) is 0. The van der Waals surface area contributed by atoms with Crippen LogP contribution in [-0.2, 0) is 12.8 Å². The minimum Gasteiger partial charge on any atom is -0.0622 e. The second-order valence-corrected chi connectivity index (χ2v) is 5.47. The van der Waals surface area contributed by atoms with Crippen LogP contribution in [0.3, 0.4) is 0 Å². The van der Waals surface area contributed by atoms with Crippen LogP contribution in [0.4, 0.5) is 0 Å². The lowest BCUT2D eigenvalue weighted by Crippen LogP contribution is -1.90. The average molecular weight is 284 g/mol. The maximum atomic E-state index is 2.23. The summed E-state index contributed by atoms with van der Waals surface area (Å²) >= 11 is 0. The topological polar surface area (TPSA) is 0 Å². The highest BCUT2D eigenvalue weighted by Crippen LogP contribution is 2.12. The van der Waals surface area contributed by atoms with Crippen LogP contribution >= 0.6 is 0 Å². The van der Waals surface area contributed by atoms with Gasteiger partial charge in [0, 0.05) is 0 Å². The third kappa shape index (κ3) is 4.20. The first-order valence-electron chi connectivity index (χ1n) is 7.76. The fourth-order valence-corrected chi connectivity index (χ4v) is 2.49. The number of aryl methyl sites for hydroxylation is 2. The van der Waals surface area contributed by atoms with E-state index in [1.807, 2.05) is 6.07 Å². The number of rotatable bonds is 5. The summed E-state index contributed by atoms with van der Waals surface area (Å²) in [6.45, 7) is 0. The van der Waals surface area contributed by atoms with Crippen LogP contribution in [0.1, 0.15) is 22.3 Å². The largest absolute Gasteiger partial charge is 0.0622 e. The molecule has 0 heteroatoms. The molecular weight excluding hydrogens is 264 g/mol. The Labute approximate surface area is 132 Å². The molecule has 0 aromatic heterocycles. The molecule has 108 valence electrons. The van der Waals surface area contributed by atoms with E-state index in [1.54, 1.807) is 0 Å². The number of benzene rings is 3. The van der Waals surface area contributed by atoms with Gasteiger partial charge in [-0.1, -0.05) is 97.1 Å². The molecule has 0 aliphatic rings. The summed E-state index contributed by atoms with van der Waals surface area (Å²) in [6, 6.07) is 29.9. The van der Waals surface area contributed by atoms with Gasteiger partial charge in [0.05, 0.1) is 0 Å². The molecule has 0 radical (unpaired) electrons. The van der Waals surface area contributed by atoms with Crippen LogP contribution in [0.5, 0.6) is 0 Å². The molecular formula is C22H20. The second kappa shape index (κ2) is 7.42. The molecule has 0 fully saturated rings. The lowest BCUT2D eigenvalue weighted by Gasteiger charge is -2.03. The minimum atomic E-state index is 1.09. The Morgan fingerprint density at radius 3 is 1.50 bits per heavy atom. The Bertz CT molecular complexity index is 707. The van der Waals surface area contributed by atoms with Crippen LogP contribution in [0.2, 0.25) is 0 Å². The van der Waals surface area contributed by atoms with Gasteiger partial charge in [-0.05, 0) is 35.1 Å². The highest BCUT2D eigenvalue weighted by molar-refractivity contribution is 5.69. The van der Waals surface area contributed by atoms with Crippen molar-refractivity contribution in [2.24, 2.45) is 0 Å². The molecule has 22 heavy (non-hydrogen) atoms. The van der Waals surface area contributed by atoms with Gasteiger partial charge in [0.15, 0.2) is 0 Å². The van der Waals surface area contributed by atoms with E-state index in [0.29, 0.717) is 0 Å². The van der Waals surface area contributed by atoms with Crippen molar-refractivity contribution in [1.29, 1.82) is 0 Å². The summed E-state index contributed by atoms with van der Waals surface area (Å²) in [6.07, 6.45) is 6.50. The van der Waals surface area contributed by atoms with E-state index in [2.05, 4.69) is 91.0 Å². The van der Waals surface area contributed by atoms with E-state index >= 15 is 0 Å².